The van der Waals surface area contributed by atoms with Crippen LogP contribution >= 0.6 is 0 Å². The van der Waals surface area contributed by atoms with E-state index in [9.17, 15) is 9.59 Å². The molecule has 0 bridgehead atoms. The molecule has 0 fully saturated rings. The lowest BCUT2D eigenvalue weighted by Gasteiger charge is -2.10. The number of nitrogens with one attached hydrogen (secondary N) is 3. The van der Waals surface area contributed by atoms with Gasteiger partial charge in [0.15, 0.2) is 0 Å². The maximum atomic E-state index is 12.4. The second-order valence-electron chi connectivity index (χ2n) is 4.90. The number of amides is 2. The first-order chi connectivity index (χ1) is 11.7. The van der Waals surface area contributed by atoms with Crippen molar-refractivity contribution in [3.05, 3.63) is 71.5 Å². The molecule has 0 unspecified atom stereocenters. The van der Waals surface area contributed by atoms with Gasteiger partial charge < -0.3 is 10.6 Å². The van der Waals surface area contributed by atoms with Gasteiger partial charge in [-0.1, -0.05) is 42.5 Å². The SMILES string of the molecule is O=C(Nc1ccccc1C(=O)NCc1ccccc1)c1nn[nH]n1. The molecule has 24 heavy (non-hydrogen) atoms. The molecule has 2 aromatic carbocycles. The molecule has 8 nitrogen and oxygen atoms in total. The highest BCUT2D eigenvalue weighted by Gasteiger charge is 2.16. The van der Waals surface area contributed by atoms with Crippen LogP contribution < -0.4 is 10.6 Å². The van der Waals surface area contributed by atoms with Crippen molar-refractivity contribution in [3.63, 3.8) is 0 Å². The highest BCUT2D eigenvalue weighted by atomic mass is 16.2. The van der Waals surface area contributed by atoms with Crippen LogP contribution in [0.25, 0.3) is 0 Å². The Balaban J connectivity index is 1.71. The summed E-state index contributed by atoms with van der Waals surface area (Å²) < 4.78 is 0. The zero-order valence-electron chi connectivity index (χ0n) is 12.6. The number of benzene rings is 2. The first kappa shape index (κ1) is 15.3. The van der Waals surface area contributed by atoms with E-state index in [1.807, 2.05) is 30.3 Å². The van der Waals surface area contributed by atoms with Gasteiger partial charge in [0.05, 0.1) is 11.3 Å². The third-order valence-electron chi connectivity index (χ3n) is 3.26. The van der Waals surface area contributed by atoms with Gasteiger partial charge in [0.2, 0.25) is 0 Å². The number of nitrogens with zero attached hydrogens (tertiary/aromatic N) is 3. The van der Waals surface area contributed by atoms with E-state index in [0.717, 1.165) is 5.56 Å². The number of hydrogen-bond donors (Lipinski definition) is 3. The van der Waals surface area contributed by atoms with Crippen molar-refractivity contribution in [1.29, 1.82) is 0 Å². The molecular weight excluding hydrogens is 308 g/mol. The fraction of sp³-hybridized carbons (Fsp3) is 0.0625. The average Bonchev–Trinajstić information content (AvgIpc) is 3.16. The van der Waals surface area contributed by atoms with Crippen molar-refractivity contribution in [2.24, 2.45) is 0 Å². The zero-order valence-corrected chi connectivity index (χ0v) is 12.6. The number of hydrogen-bond acceptors (Lipinski definition) is 5. The van der Waals surface area contributed by atoms with E-state index in [1.165, 1.54) is 0 Å². The summed E-state index contributed by atoms with van der Waals surface area (Å²) in [6.45, 7) is 0.396. The van der Waals surface area contributed by atoms with Gasteiger partial charge in [-0.15, -0.1) is 10.2 Å². The number of tetrazole rings is 1. The zero-order chi connectivity index (χ0) is 16.8. The lowest BCUT2D eigenvalue weighted by Crippen LogP contribution is -2.25. The van der Waals surface area contributed by atoms with E-state index < -0.39 is 5.91 Å². The molecule has 0 saturated carbocycles. The molecule has 1 heterocycles. The van der Waals surface area contributed by atoms with E-state index in [4.69, 9.17) is 0 Å². The van der Waals surface area contributed by atoms with Crippen LogP contribution in [0, 0.1) is 0 Å². The number of H-pyrrole nitrogens is 1. The van der Waals surface area contributed by atoms with E-state index in [2.05, 4.69) is 31.3 Å². The van der Waals surface area contributed by atoms with Crippen molar-refractivity contribution in [2.45, 2.75) is 6.54 Å². The van der Waals surface area contributed by atoms with Crippen LogP contribution in [0.3, 0.4) is 0 Å². The van der Waals surface area contributed by atoms with E-state index >= 15 is 0 Å². The van der Waals surface area contributed by atoms with Gasteiger partial charge in [-0.3, -0.25) is 9.59 Å². The summed E-state index contributed by atoms with van der Waals surface area (Å²) in [4.78, 5) is 24.4. The summed E-state index contributed by atoms with van der Waals surface area (Å²) in [5.74, 6) is -0.940. The predicted molar refractivity (Wildman–Crippen MR) is 86.2 cm³/mol. The summed E-state index contributed by atoms with van der Waals surface area (Å²) in [6, 6.07) is 16.3. The minimum Gasteiger partial charge on any atom is -0.348 e. The Labute approximate surface area is 137 Å². The molecule has 120 valence electrons. The van der Waals surface area contributed by atoms with Gasteiger partial charge in [0.25, 0.3) is 17.6 Å². The van der Waals surface area contributed by atoms with Crippen LogP contribution in [0.4, 0.5) is 5.69 Å². The fourth-order valence-electron chi connectivity index (χ4n) is 2.10. The van der Waals surface area contributed by atoms with Gasteiger partial charge in [-0.05, 0) is 22.9 Å². The first-order valence-corrected chi connectivity index (χ1v) is 7.20. The molecule has 0 saturated heterocycles. The molecule has 0 atom stereocenters. The Bertz CT molecular complexity index is 833. The molecule has 1 aromatic heterocycles. The summed E-state index contributed by atoms with van der Waals surface area (Å²) in [7, 11) is 0. The maximum Gasteiger partial charge on any atom is 0.297 e. The number of para-hydroxylation sites is 1. The lowest BCUT2D eigenvalue weighted by molar-refractivity contribution is 0.0952. The van der Waals surface area contributed by atoms with Gasteiger partial charge >= 0.3 is 0 Å². The number of carbonyl (C=O) groups is 2. The molecular formula is C16H14N6O2. The summed E-state index contributed by atoms with van der Waals surface area (Å²) in [5, 5.41) is 18.2. The van der Waals surface area contributed by atoms with E-state index in [1.54, 1.807) is 24.3 Å². The number of aromatic amines is 1. The second kappa shape index (κ2) is 7.14. The monoisotopic (exact) mass is 322 g/mol. The molecule has 8 heteroatoms. The number of carbonyl (C=O) groups excluding carboxylic acids is 2. The van der Waals surface area contributed by atoms with Gasteiger partial charge in [-0.25, -0.2) is 0 Å². The third kappa shape index (κ3) is 3.61. The van der Waals surface area contributed by atoms with Gasteiger partial charge in [0.1, 0.15) is 0 Å². The maximum absolute atomic E-state index is 12.4. The van der Waals surface area contributed by atoms with Gasteiger partial charge in [-0.2, -0.15) is 5.21 Å². The summed E-state index contributed by atoms with van der Waals surface area (Å²) >= 11 is 0. The number of aromatic nitrogens is 4. The molecule has 0 aliphatic heterocycles. The predicted octanol–water partition coefficient (Wildman–Crippen LogP) is 1.38. The van der Waals surface area contributed by atoms with E-state index in [-0.39, 0.29) is 11.7 Å². The number of rotatable bonds is 5. The van der Waals surface area contributed by atoms with Crippen molar-refractivity contribution in [1.82, 2.24) is 25.9 Å². The Kier molecular flexibility index (Phi) is 4.57. The molecule has 0 radical (unpaired) electrons. The molecule has 0 aliphatic rings. The van der Waals surface area contributed by atoms with Crippen molar-refractivity contribution < 1.29 is 9.59 Å². The van der Waals surface area contributed by atoms with Crippen LogP contribution in [0.2, 0.25) is 0 Å². The normalized spacial score (nSPS) is 10.2. The van der Waals surface area contributed by atoms with Gasteiger partial charge in [0, 0.05) is 6.54 Å². The van der Waals surface area contributed by atoms with Crippen LogP contribution in [0.5, 0.6) is 0 Å². The second-order valence-corrected chi connectivity index (χ2v) is 4.90. The van der Waals surface area contributed by atoms with E-state index in [0.29, 0.717) is 17.8 Å². The minimum absolute atomic E-state index is 0.102. The van der Waals surface area contributed by atoms with Crippen LogP contribution in [-0.4, -0.2) is 32.4 Å². The van der Waals surface area contributed by atoms with Crippen molar-refractivity contribution >= 4 is 17.5 Å². The van der Waals surface area contributed by atoms with Crippen LogP contribution in [-0.2, 0) is 6.54 Å². The Hall–Kier alpha value is -3.55. The topological polar surface area (TPSA) is 113 Å². The Morgan fingerprint density at radius 1 is 0.958 bits per heavy atom. The fourth-order valence-corrected chi connectivity index (χ4v) is 2.10. The average molecular weight is 322 g/mol. The Morgan fingerprint density at radius 3 is 2.46 bits per heavy atom. The third-order valence-corrected chi connectivity index (χ3v) is 3.26. The lowest BCUT2D eigenvalue weighted by atomic mass is 10.1. The largest absolute Gasteiger partial charge is 0.348 e. The molecule has 3 aromatic rings. The minimum atomic E-state index is -0.549. The summed E-state index contributed by atoms with van der Waals surface area (Å²) in [6.07, 6.45) is 0. The standard InChI is InChI=1S/C16H14N6O2/c23-15(17-10-11-6-2-1-3-7-11)12-8-4-5-9-13(12)18-16(24)14-19-21-22-20-14/h1-9H,10H2,(H,17,23)(H,18,24)(H,19,20,21,22). The van der Waals surface area contributed by atoms with Crippen molar-refractivity contribution in [3.8, 4) is 0 Å². The molecule has 2 amide bonds. The highest BCUT2D eigenvalue weighted by Crippen LogP contribution is 2.15. The molecule has 3 N–H and O–H groups in total. The summed E-state index contributed by atoms with van der Waals surface area (Å²) in [5.41, 5.74) is 1.71. The van der Waals surface area contributed by atoms with Crippen molar-refractivity contribution in [2.75, 3.05) is 5.32 Å². The quantitative estimate of drug-likeness (QED) is 0.657. The van der Waals surface area contributed by atoms with Crippen LogP contribution in [0.1, 0.15) is 26.5 Å². The van der Waals surface area contributed by atoms with Crippen LogP contribution in [0.15, 0.2) is 54.6 Å². The highest BCUT2D eigenvalue weighted by molar-refractivity contribution is 6.07. The smallest absolute Gasteiger partial charge is 0.297 e. The molecule has 0 spiro atoms. The molecule has 3 rings (SSSR count). The Morgan fingerprint density at radius 2 is 1.71 bits per heavy atom. The first-order valence-electron chi connectivity index (χ1n) is 7.20. The number of anilines is 1. The molecule has 0 aliphatic carbocycles.